The molecular weight excluding hydrogens is 228 g/mol. The summed E-state index contributed by atoms with van der Waals surface area (Å²) in [5, 5.41) is 18.6. The Labute approximate surface area is 110 Å². The Bertz CT molecular complexity index is 331. The summed E-state index contributed by atoms with van der Waals surface area (Å²) < 4.78 is 0. The molecular formula is C14H24N2O2. The van der Waals surface area contributed by atoms with E-state index in [2.05, 4.69) is 6.07 Å². The molecule has 2 atom stereocenters. The summed E-state index contributed by atoms with van der Waals surface area (Å²) in [5.41, 5.74) is -0.971. The molecule has 4 heteroatoms. The molecule has 1 saturated heterocycles. The highest BCUT2D eigenvalue weighted by atomic mass is 16.3. The molecule has 0 aromatic rings. The van der Waals surface area contributed by atoms with Gasteiger partial charge in [0.05, 0.1) is 12.2 Å². The van der Waals surface area contributed by atoms with Gasteiger partial charge in [-0.1, -0.05) is 12.8 Å². The van der Waals surface area contributed by atoms with Gasteiger partial charge in [-0.3, -0.25) is 4.79 Å². The van der Waals surface area contributed by atoms with Crippen molar-refractivity contribution in [3.8, 4) is 6.07 Å². The average Bonchev–Trinajstić information content (AvgIpc) is 2.52. The van der Waals surface area contributed by atoms with E-state index in [1.165, 1.54) is 0 Å². The second-order valence-corrected chi connectivity index (χ2v) is 5.82. The molecule has 0 aromatic carbocycles. The quantitative estimate of drug-likeness (QED) is 0.836. The summed E-state index contributed by atoms with van der Waals surface area (Å²) in [6, 6.07) is 2.16. The summed E-state index contributed by atoms with van der Waals surface area (Å²) in [6.07, 6.45) is 4.32. The Balaban J connectivity index is 2.86. The number of hydrogen-bond acceptors (Lipinski definition) is 3. The van der Waals surface area contributed by atoms with E-state index in [-0.39, 0.29) is 11.9 Å². The van der Waals surface area contributed by atoms with Crippen LogP contribution in [0.5, 0.6) is 0 Å². The predicted octanol–water partition coefficient (Wildman–Crippen LogP) is 2.08. The minimum absolute atomic E-state index is 0.0765. The fourth-order valence-electron chi connectivity index (χ4n) is 2.49. The second-order valence-electron chi connectivity index (χ2n) is 5.82. The van der Waals surface area contributed by atoms with E-state index in [0.717, 1.165) is 25.7 Å². The van der Waals surface area contributed by atoms with Crippen molar-refractivity contribution in [1.82, 2.24) is 4.90 Å². The van der Waals surface area contributed by atoms with Crippen LogP contribution in [-0.2, 0) is 4.79 Å². The Hall–Kier alpha value is -1.08. The van der Waals surface area contributed by atoms with Gasteiger partial charge in [-0.05, 0) is 40.0 Å². The molecule has 1 fully saturated rings. The first-order chi connectivity index (χ1) is 8.38. The number of nitrogens with zero attached hydrogens (tertiary/aromatic N) is 2. The lowest BCUT2D eigenvalue weighted by Gasteiger charge is -2.34. The summed E-state index contributed by atoms with van der Waals surface area (Å²) >= 11 is 0. The highest BCUT2D eigenvalue weighted by Crippen LogP contribution is 2.26. The Morgan fingerprint density at radius 1 is 1.50 bits per heavy atom. The largest absolute Gasteiger partial charge is 0.393 e. The van der Waals surface area contributed by atoms with E-state index >= 15 is 0 Å². The number of amides is 1. The molecule has 1 rings (SSSR count). The lowest BCUT2D eigenvalue weighted by molar-refractivity contribution is -0.140. The first kappa shape index (κ1) is 15.0. The molecule has 4 nitrogen and oxygen atoms in total. The van der Waals surface area contributed by atoms with E-state index in [1.807, 2.05) is 4.90 Å². The van der Waals surface area contributed by atoms with Crippen molar-refractivity contribution in [3.63, 3.8) is 0 Å². The van der Waals surface area contributed by atoms with Crippen LogP contribution in [0.2, 0.25) is 0 Å². The SMILES string of the molecule is CC(O)CC1CCCCCN1C(=O)C(C)(C)C#N. The first-order valence-electron chi connectivity index (χ1n) is 6.79. The van der Waals surface area contributed by atoms with E-state index in [0.29, 0.717) is 13.0 Å². The van der Waals surface area contributed by atoms with E-state index in [9.17, 15) is 9.90 Å². The third-order valence-corrected chi connectivity index (χ3v) is 3.57. The molecule has 0 saturated carbocycles. The third-order valence-electron chi connectivity index (χ3n) is 3.57. The standard InChI is InChI=1S/C14H24N2O2/c1-11(17)9-12-7-5-4-6-8-16(12)13(18)14(2,3)10-15/h11-12,17H,4-9H2,1-3H3. The van der Waals surface area contributed by atoms with Crippen molar-refractivity contribution < 1.29 is 9.90 Å². The zero-order valence-electron chi connectivity index (χ0n) is 11.6. The lowest BCUT2D eigenvalue weighted by Crippen LogP contribution is -2.47. The minimum Gasteiger partial charge on any atom is -0.393 e. The molecule has 1 amide bonds. The van der Waals surface area contributed by atoms with Gasteiger partial charge in [0.25, 0.3) is 0 Å². The van der Waals surface area contributed by atoms with Crippen LogP contribution in [0.1, 0.15) is 52.9 Å². The topological polar surface area (TPSA) is 64.3 Å². The summed E-state index contributed by atoms with van der Waals surface area (Å²) in [7, 11) is 0. The smallest absolute Gasteiger partial charge is 0.242 e. The lowest BCUT2D eigenvalue weighted by atomic mass is 9.92. The van der Waals surface area contributed by atoms with Crippen LogP contribution in [0, 0.1) is 16.7 Å². The van der Waals surface area contributed by atoms with Crippen molar-refractivity contribution in [2.45, 2.75) is 65.0 Å². The second kappa shape index (κ2) is 6.19. The summed E-state index contributed by atoms with van der Waals surface area (Å²) in [5.74, 6) is -0.0995. The third kappa shape index (κ3) is 3.71. The fourth-order valence-corrected chi connectivity index (χ4v) is 2.49. The number of aliphatic hydroxyl groups excluding tert-OH is 1. The molecule has 1 heterocycles. The van der Waals surface area contributed by atoms with E-state index in [4.69, 9.17) is 5.26 Å². The van der Waals surface area contributed by atoms with Crippen LogP contribution in [0.3, 0.4) is 0 Å². The monoisotopic (exact) mass is 252 g/mol. The van der Waals surface area contributed by atoms with Crippen molar-refractivity contribution in [3.05, 3.63) is 0 Å². The van der Waals surface area contributed by atoms with Gasteiger partial charge in [0.15, 0.2) is 0 Å². The predicted molar refractivity (Wildman–Crippen MR) is 69.7 cm³/mol. The molecule has 102 valence electrons. The van der Waals surface area contributed by atoms with Gasteiger partial charge in [-0.25, -0.2) is 0 Å². The van der Waals surface area contributed by atoms with Crippen LogP contribution >= 0.6 is 0 Å². The normalized spacial score (nSPS) is 23.1. The summed E-state index contributed by atoms with van der Waals surface area (Å²) in [6.45, 7) is 5.80. The maximum Gasteiger partial charge on any atom is 0.242 e. The number of likely N-dealkylation sites (tertiary alicyclic amines) is 1. The molecule has 1 aliphatic rings. The number of carbonyl (C=O) groups is 1. The molecule has 0 radical (unpaired) electrons. The summed E-state index contributed by atoms with van der Waals surface area (Å²) in [4.78, 5) is 14.2. The van der Waals surface area contributed by atoms with Gasteiger partial charge in [-0.15, -0.1) is 0 Å². The van der Waals surface area contributed by atoms with Crippen molar-refractivity contribution >= 4 is 5.91 Å². The van der Waals surface area contributed by atoms with Crippen LogP contribution < -0.4 is 0 Å². The van der Waals surface area contributed by atoms with Gasteiger partial charge >= 0.3 is 0 Å². The molecule has 2 unspecified atom stereocenters. The van der Waals surface area contributed by atoms with Gasteiger partial charge in [0, 0.05) is 12.6 Å². The zero-order chi connectivity index (χ0) is 13.8. The molecule has 1 N–H and O–H groups in total. The van der Waals surface area contributed by atoms with E-state index < -0.39 is 11.5 Å². The molecule has 1 aliphatic heterocycles. The zero-order valence-corrected chi connectivity index (χ0v) is 11.6. The van der Waals surface area contributed by atoms with Crippen LogP contribution in [0.15, 0.2) is 0 Å². The maximum atomic E-state index is 12.4. The minimum atomic E-state index is -0.971. The van der Waals surface area contributed by atoms with E-state index in [1.54, 1.807) is 20.8 Å². The molecule has 0 bridgehead atoms. The van der Waals surface area contributed by atoms with Gasteiger partial charge in [0.1, 0.15) is 5.41 Å². The molecule has 0 spiro atoms. The van der Waals surface area contributed by atoms with Crippen molar-refractivity contribution in [2.24, 2.45) is 5.41 Å². The Morgan fingerprint density at radius 2 is 2.17 bits per heavy atom. The Kier molecular flexibility index (Phi) is 5.15. The van der Waals surface area contributed by atoms with Crippen LogP contribution in [0.25, 0.3) is 0 Å². The molecule has 0 aromatic heterocycles. The maximum absolute atomic E-state index is 12.4. The van der Waals surface area contributed by atoms with Gasteiger partial charge in [0.2, 0.25) is 5.91 Å². The van der Waals surface area contributed by atoms with Gasteiger partial charge in [-0.2, -0.15) is 5.26 Å². The average molecular weight is 252 g/mol. The van der Waals surface area contributed by atoms with Crippen molar-refractivity contribution in [1.29, 1.82) is 5.26 Å². The van der Waals surface area contributed by atoms with Crippen LogP contribution in [0.4, 0.5) is 0 Å². The molecule has 0 aliphatic carbocycles. The number of carbonyl (C=O) groups excluding carboxylic acids is 1. The highest BCUT2D eigenvalue weighted by Gasteiger charge is 2.36. The van der Waals surface area contributed by atoms with Gasteiger partial charge < -0.3 is 10.0 Å². The first-order valence-corrected chi connectivity index (χ1v) is 6.79. The number of aliphatic hydroxyl groups is 1. The molecule has 18 heavy (non-hydrogen) atoms. The Morgan fingerprint density at radius 3 is 2.72 bits per heavy atom. The highest BCUT2D eigenvalue weighted by molar-refractivity contribution is 5.84. The fraction of sp³-hybridized carbons (Fsp3) is 0.857. The number of hydrogen-bond donors (Lipinski definition) is 1. The number of nitriles is 1. The van der Waals surface area contributed by atoms with Crippen LogP contribution in [-0.4, -0.2) is 34.6 Å². The van der Waals surface area contributed by atoms with Crippen molar-refractivity contribution in [2.75, 3.05) is 6.54 Å². The number of rotatable bonds is 3.